The minimum absolute atomic E-state index is 0.0163. The van der Waals surface area contributed by atoms with Crippen LogP contribution in [0.2, 0.25) is 0 Å². The molecule has 0 fully saturated rings. The molecule has 11 heavy (non-hydrogen) atoms. The maximum Gasteiger partial charge on any atom is 0.409 e. The summed E-state index contributed by atoms with van der Waals surface area (Å²) in [6, 6.07) is 0. The van der Waals surface area contributed by atoms with E-state index in [1.54, 1.807) is 5.92 Å². The van der Waals surface area contributed by atoms with E-state index < -0.39 is 12.3 Å². The molecule has 0 bridgehead atoms. The Labute approximate surface area is 62.5 Å². The first kappa shape index (κ1) is 10.0. The van der Waals surface area contributed by atoms with Crippen molar-refractivity contribution in [1.82, 2.24) is 0 Å². The molecule has 0 spiro atoms. The van der Waals surface area contributed by atoms with Gasteiger partial charge in [-0.3, -0.25) is 0 Å². The summed E-state index contributed by atoms with van der Waals surface area (Å²) in [5.74, 6) is 1.77. The second-order valence-electron chi connectivity index (χ2n) is 2.00. The van der Waals surface area contributed by atoms with Crippen LogP contribution < -0.4 is 0 Å². The van der Waals surface area contributed by atoms with Gasteiger partial charge in [0.05, 0.1) is 0 Å². The Morgan fingerprint density at radius 1 is 1.64 bits per heavy atom. The Morgan fingerprint density at radius 2 is 2.09 bits per heavy atom. The molecule has 0 saturated carbocycles. The monoisotopic (exact) mass is 164 g/mol. The summed E-state index contributed by atoms with van der Waals surface area (Å²) in [6.45, 7) is 1.12. The minimum atomic E-state index is -4.41. The van der Waals surface area contributed by atoms with Gasteiger partial charge in [0.1, 0.15) is 6.10 Å². The Bertz CT molecular complexity index is 197. The molecule has 0 amide bonds. The zero-order valence-electron chi connectivity index (χ0n) is 5.81. The number of terminal acetylenes is 1. The van der Waals surface area contributed by atoms with Gasteiger partial charge < -0.3 is 5.11 Å². The topological polar surface area (TPSA) is 20.2 Å². The van der Waals surface area contributed by atoms with Gasteiger partial charge >= 0.3 is 6.18 Å². The predicted molar refractivity (Wildman–Crippen MR) is 34.7 cm³/mol. The maximum atomic E-state index is 11.5. The van der Waals surface area contributed by atoms with Crippen LogP contribution >= 0.6 is 0 Å². The highest BCUT2D eigenvalue weighted by atomic mass is 19.4. The van der Waals surface area contributed by atoms with Gasteiger partial charge in [-0.25, -0.2) is 0 Å². The molecular formula is C7H7F3O. The summed E-state index contributed by atoms with van der Waals surface area (Å²) < 4.78 is 34.6. The molecule has 0 aliphatic carbocycles. The van der Waals surface area contributed by atoms with Crippen molar-refractivity contribution >= 4 is 0 Å². The van der Waals surface area contributed by atoms with E-state index in [1.807, 2.05) is 0 Å². The smallest absolute Gasteiger partial charge is 0.376 e. The molecule has 0 aliphatic heterocycles. The first-order valence-corrected chi connectivity index (χ1v) is 2.77. The molecule has 0 rings (SSSR count). The van der Waals surface area contributed by atoms with Crippen molar-refractivity contribution in [2.75, 3.05) is 0 Å². The zero-order chi connectivity index (χ0) is 9.07. The van der Waals surface area contributed by atoms with Crippen molar-refractivity contribution in [1.29, 1.82) is 0 Å². The molecule has 62 valence electrons. The lowest BCUT2D eigenvalue weighted by atomic mass is 10.1. The Morgan fingerprint density at radius 3 is 2.36 bits per heavy atom. The van der Waals surface area contributed by atoms with Gasteiger partial charge in [0.15, 0.2) is 0 Å². The van der Waals surface area contributed by atoms with Crippen LogP contribution in [0.15, 0.2) is 11.6 Å². The van der Waals surface area contributed by atoms with Crippen molar-refractivity contribution in [2.24, 2.45) is 0 Å². The van der Waals surface area contributed by atoms with Crippen LogP contribution in [-0.4, -0.2) is 17.4 Å². The molecule has 1 atom stereocenters. The molecule has 0 aromatic rings. The SMILES string of the molecule is C#CC(O)/C(C)=C/C(F)(F)F. The number of aliphatic hydroxyl groups excluding tert-OH is 1. The van der Waals surface area contributed by atoms with Gasteiger partial charge in [-0.2, -0.15) is 13.2 Å². The second-order valence-corrected chi connectivity index (χ2v) is 2.00. The Balaban J connectivity index is 4.37. The summed E-state index contributed by atoms with van der Waals surface area (Å²) in [5.41, 5.74) is -0.278. The summed E-state index contributed by atoms with van der Waals surface area (Å²) in [7, 11) is 0. The highest BCUT2D eigenvalue weighted by Crippen LogP contribution is 2.19. The number of rotatable bonds is 1. The lowest BCUT2D eigenvalue weighted by molar-refractivity contribution is -0.0810. The summed E-state index contributed by atoms with van der Waals surface area (Å²) in [5, 5.41) is 8.69. The molecule has 0 aliphatic rings. The number of halogens is 3. The summed E-state index contributed by atoms with van der Waals surface area (Å²) in [6.07, 6.45) is -1.20. The van der Waals surface area contributed by atoms with Crippen molar-refractivity contribution in [3.05, 3.63) is 11.6 Å². The Kier molecular flexibility index (Phi) is 3.15. The van der Waals surface area contributed by atoms with Crippen LogP contribution in [0.3, 0.4) is 0 Å². The molecule has 0 aromatic heterocycles. The molecule has 0 aromatic carbocycles. The van der Waals surface area contributed by atoms with E-state index in [0.717, 1.165) is 6.92 Å². The van der Waals surface area contributed by atoms with Gasteiger partial charge in [-0.05, 0) is 12.5 Å². The van der Waals surface area contributed by atoms with Gasteiger partial charge in [-0.1, -0.05) is 5.92 Å². The highest BCUT2D eigenvalue weighted by molar-refractivity contribution is 5.17. The average Bonchev–Trinajstić information content (AvgIpc) is 1.82. The molecule has 4 heteroatoms. The molecular weight excluding hydrogens is 157 g/mol. The molecule has 1 nitrogen and oxygen atoms in total. The van der Waals surface area contributed by atoms with Crippen LogP contribution in [0.25, 0.3) is 0 Å². The van der Waals surface area contributed by atoms with Gasteiger partial charge in [-0.15, -0.1) is 6.42 Å². The van der Waals surface area contributed by atoms with Crippen LogP contribution in [0, 0.1) is 12.3 Å². The quantitative estimate of drug-likeness (QED) is 0.459. The van der Waals surface area contributed by atoms with Crippen LogP contribution in [-0.2, 0) is 0 Å². The third-order valence-electron chi connectivity index (χ3n) is 0.981. The van der Waals surface area contributed by atoms with E-state index in [0.29, 0.717) is 0 Å². The summed E-state index contributed by atoms with van der Waals surface area (Å²) >= 11 is 0. The largest absolute Gasteiger partial charge is 0.409 e. The fraction of sp³-hybridized carbons (Fsp3) is 0.429. The van der Waals surface area contributed by atoms with E-state index in [9.17, 15) is 13.2 Å². The fourth-order valence-corrected chi connectivity index (χ4v) is 0.469. The average molecular weight is 164 g/mol. The van der Waals surface area contributed by atoms with Crippen molar-refractivity contribution < 1.29 is 18.3 Å². The molecule has 0 heterocycles. The Hall–Kier alpha value is -0.950. The predicted octanol–water partition coefficient (Wildman–Crippen LogP) is 1.49. The van der Waals surface area contributed by atoms with Crippen molar-refractivity contribution in [2.45, 2.75) is 19.2 Å². The molecule has 0 radical (unpaired) electrons. The lowest BCUT2D eigenvalue weighted by Crippen LogP contribution is -2.10. The van der Waals surface area contributed by atoms with Gasteiger partial charge in [0, 0.05) is 6.08 Å². The van der Waals surface area contributed by atoms with Crippen molar-refractivity contribution in [3.63, 3.8) is 0 Å². The molecule has 1 N–H and O–H groups in total. The normalized spacial score (nSPS) is 15.8. The van der Waals surface area contributed by atoms with Gasteiger partial charge in [0.2, 0.25) is 0 Å². The van der Waals surface area contributed by atoms with E-state index in [1.165, 1.54) is 0 Å². The maximum absolute atomic E-state index is 11.5. The third-order valence-corrected chi connectivity index (χ3v) is 0.981. The lowest BCUT2D eigenvalue weighted by Gasteiger charge is -2.05. The first-order valence-electron chi connectivity index (χ1n) is 2.77. The number of hydrogen-bond donors (Lipinski definition) is 1. The fourth-order valence-electron chi connectivity index (χ4n) is 0.469. The highest BCUT2D eigenvalue weighted by Gasteiger charge is 2.24. The number of allylic oxidation sites excluding steroid dienone is 1. The molecule has 1 unspecified atom stereocenters. The van der Waals surface area contributed by atoms with Crippen LogP contribution in [0.5, 0.6) is 0 Å². The summed E-state index contributed by atoms with van der Waals surface area (Å²) in [4.78, 5) is 0. The number of hydrogen-bond acceptors (Lipinski definition) is 1. The van der Waals surface area contributed by atoms with Crippen molar-refractivity contribution in [3.8, 4) is 12.3 Å². The van der Waals surface area contributed by atoms with Gasteiger partial charge in [0.25, 0.3) is 0 Å². The second kappa shape index (κ2) is 3.44. The van der Waals surface area contributed by atoms with E-state index in [2.05, 4.69) is 6.42 Å². The first-order chi connectivity index (χ1) is 4.87. The van der Waals surface area contributed by atoms with E-state index in [4.69, 9.17) is 5.11 Å². The standard InChI is InChI=1S/C7H7F3O/c1-3-6(11)5(2)4-7(8,9)10/h1,4,6,11H,2H3/b5-4+. The zero-order valence-corrected chi connectivity index (χ0v) is 5.81. The van der Waals surface area contributed by atoms with Crippen LogP contribution in [0.1, 0.15) is 6.92 Å². The molecule has 0 saturated heterocycles. The van der Waals surface area contributed by atoms with E-state index >= 15 is 0 Å². The number of aliphatic hydroxyl groups is 1. The third kappa shape index (κ3) is 4.45. The van der Waals surface area contributed by atoms with E-state index in [-0.39, 0.29) is 11.6 Å². The van der Waals surface area contributed by atoms with Crippen LogP contribution in [0.4, 0.5) is 13.2 Å². The number of alkyl halides is 3. The minimum Gasteiger partial charge on any atom is -0.376 e.